The zero-order valence-electron chi connectivity index (χ0n) is 20.8. The van der Waals surface area contributed by atoms with Gasteiger partial charge in [-0.05, 0) is 42.3 Å². The molecule has 0 fully saturated rings. The Morgan fingerprint density at radius 3 is 2.35 bits per heavy atom. The predicted molar refractivity (Wildman–Crippen MR) is 135 cm³/mol. The van der Waals surface area contributed by atoms with Gasteiger partial charge in [0.1, 0.15) is 22.9 Å². The van der Waals surface area contributed by atoms with E-state index in [0.717, 1.165) is 6.07 Å². The molecular weight excluding hydrogens is 484 g/mol. The quantitative estimate of drug-likeness (QED) is 0.281. The summed E-state index contributed by atoms with van der Waals surface area (Å²) in [6.07, 6.45) is 0.614. The average molecular weight is 512 g/mol. The van der Waals surface area contributed by atoms with Crippen LogP contribution in [0.15, 0.2) is 48.5 Å². The van der Waals surface area contributed by atoms with Gasteiger partial charge in [-0.15, -0.1) is 0 Å². The number of hydrogen-bond acceptors (Lipinski definition) is 5. The second kappa shape index (κ2) is 10.5. The third kappa shape index (κ3) is 4.58. The molecule has 1 aromatic heterocycles. The Morgan fingerprint density at radius 1 is 1.00 bits per heavy atom. The van der Waals surface area contributed by atoms with Crippen LogP contribution in [0.1, 0.15) is 35.3 Å². The van der Waals surface area contributed by atoms with Crippen molar-refractivity contribution >= 4 is 16.9 Å². The Morgan fingerprint density at radius 2 is 1.73 bits per heavy atom. The molecule has 0 spiro atoms. The molecular formula is C28H27F2NO6. The van der Waals surface area contributed by atoms with E-state index < -0.39 is 17.6 Å². The zero-order valence-corrected chi connectivity index (χ0v) is 20.8. The molecule has 0 aliphatic heterocycles. The number of carboxylic acids is 1. The number of carbonyl (C=O) groups is 1. The van der Waals surface area contributed by atoms with Gasteiger partial charge in [0.05, 0.1) is 31.7 Å². The van der Waals surface area contributed by atoms with E-state index in [4.69, 9.17) is 14.2 Å². The number of nitrogens with zero attached hydrogens (tertiary/aromatic N) is 1. The molecule has 0 bridgehead atoms. The molecule has 4 aromatic rings. The van der Waals surface area contributed by atoms with E-state index in [1.807, 2.05) is 6.92 Å². The first kappa shape index (κ1) is 26.0. The minimum Gasteiger partial charge on any atom is -0.507 e. The first-order valence-electron chi connectivity index (χ1n) is 11.6. The Labute approximate surface area is 212 Å². The number of carboxylic acid groups (broad SMARTS) is 1. The van der Waals surface area contributed by atoms with E-state index in [1.54, 1.807) is 29.9 Å². The average Bonchev–Trinajstić information content (AvgIpc) is 3.22. The molecule has 3 aromatic carbocycles. The summed E-state index contributed by atoms with van der Waals surface area (Å²) in [6, 6.07) is 11.2. The van der Waals surface area contributed by atoms with Crippen molar-refractivity contribution in [2.75, 3.05) is 27.9 Å². The third-order valence-corrected chi connectivity index (χ3v) is 6.41. The summed E-state index contributed by atoms with van der Waals surface area (Å²) in [6.45, 7) is 2.26. The van der Waals surface area contributed by atoms with E-state index in [9.17, 15) is 23.8 Å². The smallest absolute Gasteiger partial charge is 0.339 e. The van der Waals surface area contributed by atoms with E-state index in [1.165, 1.54) is 38.5 Å². The van der Waals surface area contributed by atoms with Gasteiger partial charge in [-0.25, -0.2) is 13.6 Å². The van der Waals surface area contributed by atoms with Gasteiger partial charge in [0.2, 0.25) is 0 Å². The number of ether oxygens (including phenoxy) is 3. The normalized spacial score (nSPS) is 12.1. The van der Waals surface area contributed by atoms with Crippen LogP contribution in [0.2, 0.25) is 0 Å². The lowest BCUT2D eigenvalue weighted by atomic mass is 9.92. The maximum absolute atomic E-state index is 14.7. The largest absolute Gasteiger partial charge is 0.507 e. The molecule has 0 amide bonds. The van der Waals surface area contributed by atoms with Crippen LogP contribution < -0.4 is 9.47 Å². The number of aromatic carboxylic acids is 1. The van der Waals surface area contributed by atoms with Crippen LogP contribution >= 0.6 is 0 Å². The van der Waals surface area contributed by atoms with E-state index in [0.29, 0.717) is 46.4 Å². The summed E-state index contributed by atoms with van der Waals surface area (Å²) in [5, 5.41) is 20.9. The molecule has 0 aliphatic rings. The van der Waals surface area contributed by atoms with Crippen LogP contribution in [0, 0.1) is 11.6 Å². The summed E-state index contributed by atoms with van der Waals surface area (Å²) in [4.78, 5) is 11.7. The maximum atomic E-state index is 14.7. The molecule has 4 rings (SSSR count). The first-order valence-corrected chi connectivity index (χ1v) is 11.6. The van der Waals surface area contributed by atoms with Crippen molar-refractivity contribution in [3.05, 3.63) is 71.4 Å². The van der Waals surface area contributed by atoms with Crippen molar-refractivity contribution in [2.45, 2.75) is 19.3 Å². The number of phenolic OH excluding ortho intramolecular Hbond substituents is 1. The lowest BCUT2D eigenvalue weighted by molar-refractivity contribution is 0.0693. The SMILES string of the molecule is CCC(COC)c1c(-c2ccc(C(=O)O)c(OC)c2)c2c(O)cc(F)cc2n1-c1ccc(F)c(OC)c1. The van der Waals surface area contributed by atoms with Gasteiger partial charge in [-0.1, -0.05) is 13.0 Å². The summed E-state index contributed by atoms with van der Waals surface area (Å²) in [7, 11) is 4.29. The van der Waals surface area contributed by atoms with Crippen LogP contribution in [-0.2, 0) is 4.74 Å². The highest BCUT2D eigenvalue weighted by Gasteiger charge is 2.29. The minimum atomic E-state index is -1.15. The molecule has 1 atom stereocenters. The van der Waals surface area contributed by atoms with Gasteiger partial charge in [-0.2, -0.15) is 0 Å². The van der Waals surface area contributed by atoms with Gasteiger partial charge in [0.15, 0.2) is 11.6 Å². The number of hydrogen-bond donors (Lipinski definition) is 2. The molecule has 0 saturated heterocycles. The summed E-state index contributed by atoms with van der Waals surface area (Å²) in [5.74, 6) is -2.78. The second-order valence-electron chi connectivity index (χ2n) is 8.51. The molecule has 0 radical (unpaired) electrons. The van der Waals surface area contributed by atoms with Crippen molar-refractivity contribution in [1.82, 2.24) is 4.57 Å². The van der Waals surface area contributed by atoms with Crippen LogP contribution in [0.5, 0.6) is 17.2 Å². The second-order valence-corrected chi connectivity index (χ2v) is 8.51. The van der Waals surface area contributed by atoms with Crippen molar-refractivity contribution in [3.63, 3.8) is 0 Å². The van der Waals surface area contributed by atoms with E-state index in [-0.39, 0.29) is 28.7 Å². The number of fused-ring (bicyclic) bond motifs is 1. The highest BCUT2D eigenvalue weighted by Crippen LogP contribution is 2.46. The van der Waals surface area contributed by atoms with Gasteiger partial charge in [0, 0.05) is 42.1 Å². The first-order chi connectivity index (χ1) is 17.7. The number of aromatic nitrogens is 1. The predicted octanol–water partition coefficient (Wildman–Crippen LogP) is 6.14. The highest BCUT2D eigenvalue weighted by molar-refractivity contribution is 6.04. The van der Waals surface area contributed by atoms with Gasteiger partial charge in [-0.3, -0.25) is 0 Å². The van der Waals surface area contributed by atoms with Crippen molar-refractivity contribution < 1.29 is 38.0 Å². The van der Waals surface area contributed by atoms with Crippen LogP contribution in [-0.4, -0.2) is 48.7 Å². The molecule has 7 nitrogen and oxygen atoms in total. The van der Waals surface area contributed by atoms with E-state index in [2.05, 4.69) is 0 Å². The number of aromatic hydroxyl groups is 1. The number of halogens is 2. The van der Waals surface area contributed by atoms with Crippen molar-refractivity contribution in [1.29, 1.82) is 0 Å². The lowest BCUT2D eigenvalue weighted by Gasteiger charge is -2.21. The maximum Gasteiger partial charge on any atom is 0.339 e. The number of benzene rings is 3. The third-order valence-electron chi connectivity index (χ3n) is 6.41. The number of rotatable bonds is 9. The van der Waals surface area contributed by atoms with Crippen molar-refractivity contribution in [3.8, 4) is 34.1 Å². The van der Waals surface area contributed by atoms with Gasteiger partial charge in [0.25, 0.3) is 0 Å². The van der Waals surface area contributed by atoms with Crippen molar-refractivity contribution in [2.24, 2.45) is 0 Å². The van der Waals surface area contributed by atoms with Gasteiger partial charge < -0.3 is 29.0 Å². The summed E-state index contributed by atoms with van der Waals surface area (Å²) < 4.78 is 46.8. The van der Waals surface area contributed by atoms with Gasteiger partial charge >= 0.3 is 5.97 Å². The fraction of sp³-hybridized carbons (Fsp3) is 0.250. The summed E-state index contributed by atoms with van der Waals surface area (Å²) in [5.41, 5.74) is 2.56. The standard InChI is InChI=1S/C28H27F2NO6/c1-5-15(14-35-2)27-25(16-6-8-19(28(33)34)23(10-16)36-3)26-21(11-17(29)12-22(26)32)31(27)18-7-9-20(30)24(13-18)37-4/h6-13,15,32H,5,14H2,1-4H3,(H,33,34). The Hall–Kier alpha value is -4.11. The molecule has 1 heterocycles. The number of phenols is 1. The fourth-order valence-corrected chi connectivity index (χ4v) is 4.74. The summed E-state index contributed by atoms with van der Waals surface area (Å²) >= 11 is 0. The highest BCUT2D eigenvalue weighted by atomic mass is 19.1. The van der Waals surface area contributed by atoms with Crippen LogP contribution in [0.3, 0.4) is 0 Å². The minimum absolute atomic E-state index is 0.000236. The number of methoxy groups -OCH3 is 3. The molecule has 1 unspecified atom stereocenters. The lowest BCUT2D eigenvalue weighted by Crippen LogP contribution is -2.12. The molecule has 194 valence electrons. The van der Waals surface area contributed by atoms with Crippen LogP contribution in [0.25, 0.3) is 27.7 Å². The molecule has 9 heteroatoms. The molecule has 0 saturated carbocycles. The monoisotopic (exact) mass is 511 g/mol. The zero-order chi connectivity index (χ0) is 26.9. The topological polar surface area (TPSA) is 90.2 Å². The Balaban J connectivity index is 2.20. The van der Waals surface area contributed by atoms with Crippen LogP contribution in [0.4, 0.5) is 8.78 Å². The molecule has 37 heavy (non-hydrogen) atoms. The van der Waals surface area contributed by atoms with E-state index >= 15 is 0 Å². The Bertz CT molecular complexity index is 1480. The fourth-order valence-electron chi connectivity index (χ4n) is 4.74. The Kier molecular flexibility index (Phi) is 7.35. The molecule has 0 aliphatic carbocycles. The molecule has 2 N–H and O–H groups in total.